The highest BCUT2D eigenvalue weighted by Gasteiger charge is 2.30. The summed E-state index contributed by atoms with van der Waals surface area (Å²) in [6.07, 6.45) is 2.88. The van der Waals surface area contributed by atoms with Crippen molar-refractivity contribution in [1.29, 1.82) is 0 Å². The number of carboxylic acids is 1. The molecule has 0 radical (unpaired) electrons. The van der Waals surface area contributed by atoms with Gasteiger partial charge < -0.3 is 9.84 Å². The van der Waals surface area contributed by atoms with Crippen molar-refractivity contribution < 1.29 is 19.4 Å². The molecule has 0 saturated carbocycles. The van der Waals surface area contributed by atoms with Crippen LogP contribution in [0.25, 0.3) is 6.08 Å². The number of rotatable bonds is 9. The Hall–Kier alpha value is -3.84. The van der Waals surface area contributed by atoms with Crippen molar-refractivity contribution in [3.63, 3.8) is 0 Å². The van der Waals surface area contributed by atoms with Crippen LogP contribution in [0, 0.1) is 5.92 Å². The minimum absolute atomic E-state index is 0.0355. The molecule has 4 rings (SSSR count). The topological polar surface area (TPSA) is 79.2 Å². The highest BCUT2D eigenvalue weighted by molar-refractivity contribution is 8.18. The first-order chi connectivity index (χ1) is 17.8. The summed E-state index contributed by atoms with van der Waals surface area (Å²) >= 11 is 1.31. The van der Waals surface area contributed by atoms with Gasteiger partial charge in [0.25, 0.3) is 5.91 Å². The molecule has 7 heteroatoms. The van der Waals surface area contributed by atoms with E-state index in [9.17, 15) is 9.59 Å². The number of hydrogen-bond acceptors (Lipinski definition) is 5. The lowest BCUT2D eigenvalue weighted by atomic mass is 10.0. The van der Waals surface area contributed by atoms with Crippen molar-refractivity contribution in [1.82, 2.24) is 4.90 Å². The van der Waals surface area contributed by atoms with Gasteiger partial charge in [-0.3, -0.25) is 14.5 Å². The molecule has 37 heavy (non-hydrogen) atoms. The number of carboxylic acid groups (broad SMARTS) is 1. The fourth-order valence-electron chi connectivity index (χ4n) is 3.85. The second kappa shape index (κ2) is 11.9. The van der Waals surface area contributed by atoms with E-state index in [2.05, 4.69) is 43.1 Å². The van der Waals surface area contributed by atoms with Gasteiger partial charge in [-0.2, -0.15) is 0 Å². The maximum atomic E-state index is 12.8. The molecule has 0 atom stereocenters. The molecule has 1 aliphatic heterocycles. The van der Waals surface area contributed by atoms with Gasteiger partial charge in [0.2, 0.25) is 0 Å². The summed E-state index contributed by atoms with van der Waals surface area (Å²) in [5.41, 5.74) is 4.72. The van der Waals surface area contributed by atoms with Crippen LogP contribution >= 0.6 is 11.8 Å². The molecule has 1 heterocycles. The zero-order chi connectivity index (χ0) is 26.4. The van der Waals surface area contributed by atoms with Gasteiger partial charge in [-0.05, 0) is 76.7 Å². The van der Waals surface area contributed by atoms with Crippen LogP contribution in [0.1, 0.15) is 36.1 Å². The second-order valence-corrected chi connectivity index (χ2v) is 10.4. The molecule has 0 spiro atoms. The third kappa shape index (κ3) is 7.33. The SMILES string of the molecule is CC(C)Cc1ccc(COc2ccc(/C=C3/SC(=Nc4ccc(CC(=O)O)cc4)N(C)C3=O)cc2)cc1. The molecule has 0 aliphatic carbocycles. The van der Waals surface area contributed by atoms with Crippen molar-refractivity contribution in [3.8, 4) is 5.75 Å². The number of ether oxygens (including phenoxy) is 1. The van der Waals surface area contributed by atoms with Crippen molar-refractivity contribution >= 4 is 40.6 Å². The van der Waals surface area contributed by atoms with Crippen molar-refractivity contribution in [2.24, 2.45) is 10.9 Å². The highest BCUT2D eigenvalue weighted by atomic mass is 32.2. The van der Waals surface area contributed by atoms with Gasteiger partial charge >= 0.3 is 5.97 Å². The Morgan fingerprint density at radius 2 is 1.59 bits per heavy atom. The Morgan fingerprint density at radius 3 is 2.22 bits per heavy atom. The summed E-state index contributed by atoms with van der Waals surface area (Å²) in [5, 5.41) is 9.48. The smallest absolute Gasteiger partial charge is 0.307 e. The summed E-state index contributed by atoms with van der Waals surface area (Å²) in [7, 11) is 1.69. The summed E-state index contributed by atoms with van der Waals surface area (Å²) in [4.78, 5) is 30.3. The lowest BCUT2D eigenvalue weighted by Gasteiger charge is -2.09. The molecule has 190 valence electrons. The maximum absolute atomic E-state index is 12.8. The zero-order valence-electron chi connectivity index (χ0n) is 21.2. The van der Waals surface area contributed by atoms with E-state index in [0.717, 1.165) is 23.3 Å². The average molecular weight is 515 g/mol. The van der Waals surface area contributed by atoms with Crippen LogP contribution < -0.4 is 4.74 Å². The predicted octanol–water partition coefficient (Wildman–Crippen LogP) is 6.33. The van der Waals surface area contributed by atoms with Crippen molar-refractivity contribution in [2.75, 3.05) is 7.05 Å². The Balaban J connectivity index is 1.37. The molecule has 1 aliphatic rings. The Morgan fingerprint density at radius 1 is 0.973 bits per heavy atom. The summed E-state index contributed by atoms with van der Waals surface area (Å²) in [6, 6.07) is 23.2. The Bertz CT molecular complexity index is 1310. The summed E-state index contributed by atoms with van der Waals surface area (Å²) in [6.45, 7) is 4.93. The number of amidine groups is 1. The number of carbonyl (C=O) groups is 2. The van der Waals surface area contributed by atoms with E-state index in [1.807, 2.05) is 30.3 Å². The largest absolute Gasteiger partial charge is 0.489 e. The fourth-order valence-corrected chi connectivity index (χ4v) is 4.83. The van der Waals surface area contributed by atoms with Crippen LogP contribution in [0.4, 0.5) is 5.69 Å². The van der Waals surface area contributed by atoms with E-state index in [1.54, 1.807) is 31.3 Å². The van der Waals surface area contributed by atoms with Gasteiger partial charge in [0.1, 0.15) is 12.4 Å². The number of carbonyl (C=O) groups excluding carboxylic acids is 1. The lowest BCUT2D eigenvalue weighted by Crippen LogP contribution is -2.23. The number of likely N-dealkylation sites (N-methyl/N-ethyl adjacent to an activating group) is 1. The molecule has 0 bridgehead atoms. The Kier molecular flexibility index (Phi) is 8.46. The molecule has 0 aromatic heterocycles. The minimum Gasteiger partial charge on any atom is -0.489 e. The van der Waals surface area contributed by atoms with Gasteiger partial charge in [-0.25, -0.2) is 4.99 Å². The van der Waals surface area contributed by atoms with E-state index >= 15 is 0 Å². The normalized spacial score (nSPS) is 15.7. The van der Waals surface area contributed by atoms with Crippen LogP contribution in [-0.2, 0) is 29.0 Å². The molecule has 6 nitrogen and oxygen atoms in total. The molecule has 3 aromatic rings. The van der Waals surface area contributed by atoms with E-state index < -0.39 is 5.97 Å². The average Bonchev–Trinajstić information content (AvgIpc) is 3.12. The quantitative estimate of drug-likeness (QED) is 0.338. The zero-order valence-corrected chi connectivity index (χ0v) is 22.0. The van der Waals surface area contributed by atoms with Crippen molar-refractivity contribution in [3.05, 3.63) is 100.0 Å². The number of benzene rings is 3. The first-order valence-corrected chi connectivity index (χ1v) is 13.0. The number of aliphatic carboxylic acids is 1. The van der Waals surface area contributed by atoms with Gasteiger partial charge in [-0.15, -0.1) is 0 Å². The van der Waals surface area contributed by atoms with Gasteiger partial charge in [0.15, 0.2) is 5.17 Å². The van der Waals surface area contributed by atoms with E-state index in [4.69, 9.17) is 9.84 Å². The standard InChI is InChI=1S/C30H30N2O4S/c1-20(2)16-21-4-6-24(7-5-21)19-36-26-14-10-22(11-15-26)17-27-29(35)32(3)30(37-27)31-25-12-8-23(9-13-25)18-28(33)34/h4-15,17,20H,16,18-19H2,1-3H3,(H,33,34)/b27-17+,31-30?. The third-order valence-electron chi connectivity index (χ3n) is 5.77. The van der Waals surface area contributed by atoms with Gasteiger partial charge in [-0.1, -0.05) is 62.4 Å². The van der Waals surface area contributed by atoms with E-state index in [0.29, 0.717) is 33.8 Å². The number of thioether (sulfide) groups is 1. The minimum atomic E-state index is -0.878. The predicted molar refractivity (Wildman–Crippen MR) is 149 cm³/mol. The number of amides is 1. The molecule has 1 fully saturated rings. The van der Waals surface area contributed by atoms with Crippen molar-refractivity contribution in [2.45, 2.75) is 33.3 Å². The van der Waals surface area contributed by atoms with E-state index in [-0.39, 0.29) is 12.3 Å². The summed E-state index contributed by atoms with van der Waals surface area (Å²) < 4.78 is 5.94. The number of hydrogen-bond donors (Lipinski definition) is 1. The maximum Gasteiger partial charge on any atom is 0.307 e. The van der Waals surface area contributed by atoms with Gasteiger partial charge in [0.05, 0.1) is 17.0 Å². The monoisotopic (exact) mass is 514 g/mol. The fraction of sp³-hybridized carbons (Fsp3) is 0.233. The second-order valence-electron chi connectivity index (χ2n) is 9.38. The molecule has 1 amide bonds. The molecular formula is C30H30N2O4S. The molecule has 3 aromatic carbocycles. The number of nitrogens with zero attached hydrogens (tertiary/aromatic N) is 2. The first kappa shape index (κ1) is 26.2. The first-order valence-electron chi connectivity index (χ1n) is 12.1. The lowest BCUT2D eigenvalue weighted by molar-refractivity contribution is -0.136. The molecular weight excluding hydrogens is 484 g/mol. The summed E-state index contributed by atoms with van der Waals surface area (Å²) in [5.74, 6) is 0.408. The van der Waals surface area contributed by atoms with Gasteiger partial charge in [0, 0.05) is 7.05 Å². The van der Waals surface area contributed by atoms with Crippen LogP contribution in [0.2, 0.25) is 0 Å². The highest BCUT2D eigenvalue weighted by Crippen LogP contribution is 2.33. The van der Waals surface area contributed by atoms with Crippen LogP contribution in [0.5, 0.6) is 5.75 Å². The Labute approximate surface area is 221 Å². The molecule has 1 N–H and O–H groups in total. The molecule has 1 saturated heterocycles. The molecule has 0 unspecified atom stereocenters. The van der Waals surface area contributed by atoms with Crippen LogP contribution in [0.3, 0.4) is 0 Å². The van der Waals surface area contributed by atoms with Crippen LogP contribution in [-0.4, -0.2) is 34.1 Å². The number of aliphatic imine (C=N–C) groups is 1. The van der Waals surface area contributed by atoms with Crippen LogP contribution in [0.15, 0.2) is 82.7 Å². The van der Waals surface area contributed by atoms with E-state index in [1.165, 1.54) is 22.2 Å². The third-order valence-corrected chi connectivity index (χ3v) is 6.83.